The number of carbonyl (C=O) groups is 1. The van der Waals surface area contributed by atoms with Crippen molar-refractivity contribution in [3.63, 3.8) is 0 Å². The molecule has 0 bridgehead atoms. The van der Waals surface area contributed by atoms with Gasteiger partial charge in [0.15, 0.2) is 0 Å². The lowest BCUT2D eigenvalue weighted by Crippen LogP contribution is -2.30. The molecule has 0 aromatic carbocycles. The molecule has 0 saturated heterocycles. The first-order chi connectivity index (χ1) is 5.61. The summed E-state index contributed by atoms with van der Waals surface area (Å²) in [6, 6.07) is 0. The summed E-state index contributed by atoms with van der Waals surface area (Å²) in [5.41, 5.74) is 0. The Bertz CT molecular complexity index is 134. The van der Waals surface area contributed by atoms with Gasteiger partial charge in [0.2, 0.25) is 5.91 Å². The maximum absolute atomic E-state index is 11.3. The molecule has 0 heterocycles. The van der Waals surface area contributed by atoms with Gasteiger partial charge in [0.05, 0.1) is 0 Å². The highest BCUT2D eigenvalue weighted by Gasteiger charge is 2.09. The Labute approximate surface area is 75.9 Å². The molecule has 2 heteroatoms. The van der Waals surface area contributed by atoms with Crippen LogP contribution in [0.4, 0.5) is 0 Å². The maximum Gasteiger partial charge on any atom is 0.222 e. The van der Waals surface area contributed by atoms with Crippen molar-refractivity contribution in [2.45, 2.75) is 40.0 Å². The van der Waals surface area contributed by atoms with Crippen molar-refractivity contribution in [3.8, 4) is 0 Å². The van der Waals surface area contributed by atoms with Gasteiger partial charge < -0.3 is 4.90 Å². The lowest BCUT2D eigenvalue weighted by molar-refractivity contribution is -0.130. The largest absolute Gasteiger partial charge is 0.345 e. The van der Waals surface area contributed by atoms with E-state index < -0.39 is 0 Å². The van der Waals surface area contributed by atoms with Crippen LogP contribution in [0.25, 0.3) is 0 Å². The second kappa shape index (κ2) is 6.04. The van der Waals surface area contributed by atoms with E-state index in [2.05, 4.69) is 13.8 Å². The normalized spacial score (nSPS) is 12.7. The molecule has 0 fully saturated rings. The van der Waals surface area contributed by atoms with Crippen LogP contribution in [0.15, 0.2) is 0 Å². The van der Waals surface area contributed by atoms with Crippen molar-refractivity contribution < 1.29 is 4.79 Å². The van der Waals surface area contributed by atoms with Crippen molar-refractivity contribution in [2.24, 2.45) is 5.92 Å². The summed E-state index contributed by atoms with van der Waals surface area (Å²) in [5.74, 6) is 0.897. The minimum atomic E-state index is 0.276. The van der Waals surface area contributed by atoms with E-state index in [4.69, 9.17) is 0 Å². The molecule has 0 saturated carbocycles. The van der Waals surface area contributed by atoms with Crippen LogP contribution in [-0.4, -0.2) is 24.4 Å². The van der Waals surface area contributed by atoms with E-state index in [1.165, 1.54) is 0 Å². The molecule has 72 valence electrons. The first-order valence-corrected chi connectivity index (χ1v) is 4.85. The summed E-state index contributed by atoms with van der Waals surface area (Å²) in [7, 11) is 1.89. The molecule has 0 aliphatic heterocycles. The van der Waals surface area contributed by atoms with Gasteiger partial charge in [-0.1, -0.05) is 27.2 Å². The predicted molar refractivity (Wildman–Crippen MR) is 52.0 cm³/mol. The van der Waals surface area contributed by atoms with Crippen molar-refractivity contribution in [1.82, 2.24) is 4.90 Å². The summed E-state index contributed by atoms with van der Waals surface area (Å²) in [6.07, 6.45) is 2.78. The fourth-order valence-electron chi connectivity index (χ4n) is 1.10. The van der Waals surface area contributed by atoms with Gasteiger partial charge in [-0.15, -0.1) is 0 Å². The third kappa shape index (κ3) is 4.37. The van der Waals surface area contributed by atoms with Crippen molar-refractivity contribution >= 4 is 5.91 Å². The van der Waals surface area contributed by atoms with Crippen molar-refractivity contribution in [3.05, 3.63) is 0 Å². The highest BCUT2D eigenvalue weighted by atomic mass is 16.2. The minimum absolute atomic E-state index is 0.276. The Balaban J connectivity index is 3.70. The molecule has 1 unspecified atom stereocenters. The first-order valence-electron chi connectivity index (χ1n) is 4.85. The molecule has 0 aliphatic rings. The molecule has 0 N–H and O–H groups in total. The summed E-state index contributed by atoms with van der Waals surface area (Å²) >= 11 is 0. The lowest BCUT2D eigenvalue weighted by atomic mass is 10.1. The van der Waals surface area contributed by atoms with E-state index in [0.717, 1.165) is 19.4 Å². The van der Waals surface area contributed by atoms with Gasteiger partial charge in [0, 0.05) is 20.0 Å². The van der Waals surface area contributed by atoms with Crippen LogP contribution >= 0.6 is 0 Å². The van der Waals surface area contributed by atoms with Gasteiger partial charge in [-0.05, 0) is 12.3 Å². The second-order valence-corrected chi connectivity index (χ2v) is 3.54. The Hall–Kier alpha value is -0.530. The summed E-state index contributed by atoms with van der Waals surface area (Å²) in [6.45, 7) is 7.27. The van der Waals surface area contributed by atoms with Gasteiger partial charge in [0.25, 0.3) is 0 Å². The minimum Gasteiger partial charge on any atom is -0.345 e. The Kier molecular flexibility index (Phi) is 5.77. The molecule has 0 radical (unpaired) electrons. The number of hydrogen-bond donors (Lipinski definition) is 0. The molecule has 1 amide bonds. The van der Waals surface area contributed by atoms with E-state index in [-0.39, 0.29) is 5.91 Å². The van der Waals surface area contributed by atoms with E-state index >= 15 is 0 Å². The molecule has 0 aliphatic carbocycles. The standard InChI is InChI=1S/C10H21NO/c1-5-7-10(12)11(4)8-9(3)6-2/h9H,5-8H2,1-4H3. The Morgan fingerprint density at radius 2 is 2.00 bits per heavy atom. The first kappa shape index (κ1) is 11.5. The van der Waals surface area contributed by atoms with E-state index in [0.29, 0.717) is 12.3 Å². The Morgan fingerprint density at radius 1 is 1.42 bits per heavy atom. The zero-order valence-electron chi connectivity index (χ0n) is 8.76. The lowest BCUT2D eigenvalue weighted by Gasteiger charge is -2.20. The zero-order chi connectivity index (χ0) is 9.56. The SMILES string of the molecule is CCCC(=O)N(C)CC(C)CC. The second-order valence-electron chi connectivity index (χ2n) is 3.54. The quantitative estimate of drug-likeness (QED) is 0.621. The summed E-state index contributed by atoms with van der Waals surface area (Å²) < 4.78 is 0. The fraction of sp³-hybridized carbons (Fsp3) is 0.900. The average Bonchev–Trinajstić information content (AvgIpc) is 2.04. The maximum atomic E-state index is 11.3. The number of rotatable bonds is 5. The zero-order valence-corrected chi connectivity index (χ0v) is 8.76. The van der Waals surface area contributed by atoms with Gasteiger partial charge >= 0.3 is 0 Å². The van der Waals surface area contributed by atoms with Gasteiger partial charge in [-0.2, -0.15) is 0 Å². The molecule has 1 atom stereocenters. The average molecular weight is 171 g/mol. The number of amides is 1. The monoisotopic (exact) mass is 171 g/mol. The van der Waals surface area contributed by atoms with Crippen LogP contribution in [0.5, 0.6) is 0 Å². The van der Waals surface area contributed by atoms with Crippen LogP contribution in [-0.2, 0) is 4.79 Å². The molecule has 0 aromatic heterocycles. The number of nitrogens with zero attached hydrogens (tertiary/aromatic N) is 1. The van der Waals surface area contributed by atoms with Crippen LogP contribution in [0, 0.1) is 5.92 Å². The summed E-state index contributed by atoms with van der Waals surface area (Å²) in [5, 5.41) is 0. The molecule has 0 aromatic rings. The van der Waals surface area contributed by atoms with Crippen molar-refractivity contribution in [1.29, 1.82) is 0 Å². The Morgan fingerprint density at radius 3 is 2.42 bits per heavy atom. The van der Waals surface area contributed by atoms with Gasteiger partial charge in [-0.25, -0.2) is 0 Å². The van der Waals surface area contributed by atoms with Crippen LogP contribution in [0.3, 0.4) is 0 Å². The summed E-state index contributed by atoms with van der Waals surface area (Å²) in [4.78, 5) is 13.2. The van der Waals surface area contributed by atoms with Crippen molar-refractivity contribution in [2.75, 3.05) is 13.6 Å². The van der Waals surface area contributed by atoms with Crippen LogP contribution in [0.2, 0.25) is 0 Å². The van der Waals surface area contributed by atoms with E-state index in [1.54, 1.807) is 0 Å². The molecular formula is C10H21NO. The molecular weight excluding hydrogens is 150 g/mol. The third-order valence-corrected chi connectivity index (χ3v) is 2.17. The smallest absolute Gasteiger partial charge is 0.222 e. The predicted octanol–water partition coefficient (Wildman–Crippen LogP) is 2.29. The van der Waals surface area contributed by atoms with E-state index in [1.807, 2.05) is 18.9 Å². The molecule has 0 spiro atoms. The molecule has 12 heavy (non-hydrogen) atoms. The van der Waals surface area contributed by atoms with Crippen LogP contribution in [0.1, 0.15) is 40.0 Å². The highest BCUT2D eigenvalue weighted by molar-refractivity contribution is 5.75. The number of hydrogen-bond acceptors (Lipinski definition) is 1. The van der Waals surface area contributed by atoms with E-state index in [9.17, 15) is 4.79 Å². The topological polar surface area (TPSA) is 20.3 Å². The van der Waals surface area contributed by atoms with Crippen LogP contribution < -0.4 is 0 Å². The molecule has 2 nitrogen and oxygen atoms in total. The molecule has 0 rings (SSSR count). The number of carbonyl (C=O) groups excluding carboxylic acids is 1. The van der Waals surface area contributed by atoms with Gasteiger partial charge in [0.1, 0.15) is 0 Å². The highest BCUT2D eigenvalue weighted by Crippen LogP contribution is 2.04. The third-order valence-electron chi connectivity index (χ3n) is 2.17. The fourth-order valence-corrected chi connectivity index (χ4v) is 1.10. The van der Waals surface area contributed by atoms with Gasteiger partial charge in [-0.3, -0.25) is 4.79 Å².